The van der Waals surface area contributed by atoms with Gasteiger partial charge in [-0.15, -0.1) is 0 Å². The van der Waals surface area contributed by atoms with Crippen LogP contribution in [0.25, 0.3) is 0 Å². The third-order valence-corrected chi connectivity index (χ3v) is 4.00. The Morgan fingerprint density at radius 2 is 2.00 bits per heavy atom. The largest absolute Gasteiger partial charge is 0.479 e. The van der Waals surface area contributed by atoms with Gasteiger partial charge in [0.15, 0.2) is 6.10 Å². The fraction of sp³-hybridized carbons (Fsp3) is 0.923. The maximum Gasteiger partial charge on any atom is 0.332 e. The molecule has 0 saturated heterocycles. The second-order valence-electron chi connectivity index (χ2n) is 5.90. The minimum Gasteiger partial charge on any atom is -0.479 e. The zero-order chi connectivity index (χ0) is 13.2. The predicted octanol–water partition coefficient (Wildman–Crippen LogP) is 1.65. The van der Waals surface area contributed by atoms with Crippen molar-refractivity contribution >= 4 is 5.97 Å². The number of aliphatic carboxylic acids is 1. The number of carbonyl (C=O) groups is 1. The molecule has 0 amide bonds. The summed E-state index contributed by atoms with van der Waals surface area (Å²) in [7, 11) is 0. The summed E-state index contributed by atoms with van der Waals surface area (Å²) in [5.74, 6) is -0.489. The summed E-state index contributed by atoms with van der Waals surface area (Å²) >= 11 is 0. The standard InChI is InChI=1S/C13H24O4/c1-8(2)10-5-4-9(3)6-13(10,17)7-11(14)12(15)16/h8-11,14,17H,4-7H2,1-3H3,(H,15,16). The van der Waals surface area contributed by atoms with Gasteiger partial charge in [0.2, 0.25) is 0 Å². The maximum absolute atomic E-state index is 10.7. The molecule has 0 heterocycles. The zero-order valence-corrected chi connectivity index (χ0v) is 10.9. The average molecular weight is 244 g/mol. The Kier molecular flexibility index (Phi) is 4.55. The number of carboxylic acid groups (broad SMARTS) is 1. The van der Waals surface area contributed by atoms with E-state index in [9.17, 15) is 15.0 Å². The monoisotopic (exact) mass is 244 g/mol. The van der Waals surface area contributed by atoms with Gasteiger partial charge in [-0.1, -0.05) is 27.2 Å². The lowest BCUT2D eigenvalue weighted by molar-refractivity contribution is -0.156. The molecule has 0 aromatic rings. The molecule has 0 aliphatic heterocycles. The van der Waals surface area contributed by atoms with Gasteiger partial charge in [-0.2, -0.15) is 0 Å². The lowest BCUT2D eigenvalue weighted by Gasteiger charge is -2.45. The molecule has 1 saturated carbocycles. The van der Waals surface area contributed by atoms with Gasteiger partial charge in [0.1, 0.15) is 0 Å². The topological polar surface area (TPSA) is 77.8 Å². The molecule has 100 valence electrons. The lowest BCUT2D eigenvalue weighted by Crippen LogP contribution is -2.48. The van der Waals surface area contributed by atoms with Crippen molar-refractivity contribution in [1.29, 1.82) is 0 Å². The average Bonchev–Trinajstić information content (AvgIpc) is 2.15. The van der Waals surface area contributed by atoms with E-state index in [1.807, 2.05) is 13.8 Å². The zero-order valence-electron chi connectivity index (χ0n) is 10.9. The molecule has 0 aromatic carbocycles. The van der Waals surface area contributed by atoms with Gasteiger partial charge in [0, 0.05) is 6.42 Å². The number of hydrogen-bond acceptors (Lipinski definition) is 3. The molecule has 4 heteroatoms. The van der Waals surface area contributed by atoms with Crippen LogP contribution in [-0.4, -0.2) is 33.0 Å². The molecule has 4 nitrogen and oxygen atoms in total. The van der Waals surface area contributed by atoms with Gasteiger partial charge in [-0.3, -0.25) is 0 Å². The van der Waals surface area contributed by atoms with E-state index >= 15 is 0 Å². The van der Waals surface area contributed by atoms with E-state index in [1.54, 1.807) is 0 Å². The number of rotatable bonds is 4. The molecule has 1 fully saturated rings. The summed E-state index contributed by atoms with van der Waals surface area (Å²) in [6, 6.07) is 0. The number of hydrogen-bond donors (Lipinski definition) is 3. The van der Waals surface area contributed by atoms with Crippen molar-refractivity contribution < 1.29 is 20.1 Å². The van der Waals surface area contributed by atoms with Crippen LogP contribution >= 0.6 is 0 Å². The molecule has 1 rings (SSSR count). The Morgan fingerprint density at radius 1 is 1.41 bits per heavy atom. The fourth-order valence-electron chi connectivity index (χ4n) is 3.20. The van der Waals surface area contributed by atoms with Crippen LogP contribution in [0.15, 0.2) is 0 Å². The highest BCUT2D eigenvalue weighted by molar-refractivity contribution is 5.72. The van der Waals surface area contributed by atoms with Gasteiger partial charge in [-0.05, 0) is 30.6 Å². The smallest absolute Gasteiger partial charge is 0.332 e. The first-order valence-electron chi connectivity index (χ1n) is 6.39. The van der Waals surface area contributed by atoms with Crippen molar-refractivity contribution in [2.45, 2.75) is 58.2 Å². The third-order valence-electron chi connectivity index (χ3n) is 4.00. The quantitative estimate of drug-likeness (QED) is 0.702. The van der Waals surface area contributed by atoms with Crippen LogP contribution in [0, 0.1) is 17.8 Å². The van der Waals surface area contributed by atoms with E-state index in [1.165, 1.54) is 0 Å². The van der Waals surface area contributed by atoms with Gasteiger partial charge >= 0.3 is 5.97 Å². The molecule has 4 unspecified atom stereocenters. The molecule has 1 aliphatic carbocycles. The highest BCUT2D eigenvalue weighted by atomic mass is 16.4. The van der Waals surface area contributed by atoms with E-state index in [0.29, 0.717) is 18.3 Å². The Morgan fingerprint density at radius 3 is 2.47 bits per heavy atom. The van der Waals surface area contributed by atoms with Gasteiger partial charge in [0.05, 0.1) is 5.60 Å². The van der Waals surface area contributed by atoms with E-state index < -0.39 is 17.7 Å². The highest BCUT2D eigenvalue weighted by Gasteiger charge is 2.44. The second kappa shape index (κ2) is 5.36. The van der Waals surface area contributed by atoms with Crippen molar-refractivity contribution in [3.05, 3.63) is 0 Å². The summed E-state index contributed by atoms with van der Waals surface area (Å²) in [6.07, 6.45) is 1.03. The number of aliphatic hydroxyl groups excluding tert-OH is 1. The van der Waals surface area contributed by atoms with Crippen LogP contribution in [0.1, 0.15) is 46.5 Å². The van der Waals surface area contributed by atoms with Crippen molar-refractivity contribution in [2.75, 3.05) is 0 Å². The van der Waals surface area contributed by atoms with Crippen LogP contribution in [0.4, 0.5) is 0 Å². The summed E-state index contributed by atoms with van der Waals surface area (Å²) < 4.78 is 0. The first kappa shape index (κ1) is 14.5. The second-order valence-corrected chi connectivity index (χ2v) is 5.90. The summed E-state index contributed by atoms with van der Waals surface area (Å²) in [4.78, 5) is 10.7. The normalized spacial score (nSPS) is 35.9. The first-order chi connectivity index (χ1) is 7.76. The molecule has 0 aromatic heterocycles. The van der Waals surface area contributed by atoms with Crippen molar-refractivity contribution in [2.24, 2.45) is 17.8 Å². The van der Waals surface area contributed by atoms with Gasteiger partial charge in [-0.25, -0.2) is 4.79 Å². The van der Waals surface area contributed by atoms with Crippen molar-refractivity contribution in [1.82, 2.24) is 0 Å². The fourth-order valence-corrected chi connectivity index (χ4v) is 3.20. The van der Waals surface area contributed by atoms with Crippen LogP contribution in [0.3, 0.4) is 0 Å². The van der Waals surface area contributed by atoms with Crippen molar-refractivity contribution in [3.8, 4) is 0 Å². The number of carboxylic acids is 1. The molecule has 1 aliphatic rings. The van der Waals surface area contributed by atoms with Crippen LogP contribution < -0.4 is 0 Å². The Bertz CT molecular complexity index is 277. The molecular weight excluding hydrogens is 220 g/mol. The molecule has 0 radical (unpaired) electrons. The molecule has 3 N–H and O–H groups in total. The summed E-state index contributed by atoms with van der Waals surface area (Å²) in [6.45, 7) is 6.15. The summed E-state index contributed by atoms with van der Waals surface area (Å²) in [5.41, 5.74) is -1.04. The van der Waals surface area contributed by atoms with E-state index in [0.717, 1.165) is 12.8 Å². The van der Waals surface area contributed by atoms with Crippen LogP contribution in [-0.2, 0) is 4.79 Å². The van der Waals surface area contributed by atoms with Crippen LogP contribution in [0.5, 0.6) is 0 Å². The predicted molar refractivity (Wildman–Crippen MR) is 64.6 cm³/mol. The Balaban J connectivity index is 2.81. The van der Waals surface area contributed by atoms with Gasteiger partial charge in [0.25, 0.3) is 0 Å². The summed E-state index contributed by atoms with van der Waals surface area (Å²) in [5, 5.41) is 28.9. The molecule has 4 atom stereocenters. The SMILES string of the molecule is CC1CCC(C(C)C)C(O)(CC(O)C(=O)O)C1. The third kappa shape index (κ3) is 3.42. The Hall–Kier alpha value is -0.610. The van der Waals surface area contributed by atoms with Gasteiger partial charge < -0.3 is 15.3 Å². The van der Waals surface area contributed by atoms with E-state index in [-0.39, 0.29) is 12.3 Å². The minimum absolute atomic E-state index is 0.0600. The van der Waals surface area contributed by atoms with Crippen molar-refractivity contribution in [3.63, 3.8) is 0 Å². The molecular formula is C13H24O4. The highest BCUT2D eigenvalue weighted by Crippen LogP contribution is 2.43. The maximum atomic E-state index is 10.7. The van der Waals surface area contributed by atoms with E-state index in [4.69, 9.17) is 5.11 Å². The number of aliphatic hydroxyl groups is 2. The lowest BCUT2D eigenvalue weighted by atomic mass is 9.65. The molecule has 0 bridgehead atoms. The minimum atomic E-state index is -1.47. The Labute approximate surface area is 103 Å². The molecule has 17 heavy (non-hydrogen) atoms. The molecule has 0 spiro atoms. The van der Waals surface area contributed by atoms with E-state index in [2.05, 4.69) is 6.92 Å². The first-order valence-corrected chi connectivity index (χ1v) is 6.39. The van der Waals surface area contributed by atoms with Crippen LogP contribution in [0.2, 0.25) is 0 Å².